The molecule has 1 saturated heterocycles. The molecule has 2 aromatic rings. The number of para-hydroxylation sites is 2. The van der Waals surface area contributed by atoms with E-state index in [0.717, 1.165) is 30.6 Å². The fourth-order valence-electron chi connectivity index (χ4n) is 5.08. The van der Waals surface area contributed by atoms with Crippen molar-refractivity contribution in [2.24, 2.45) is 5.41 Å². The van der Waals surface area contributed by atoms with E-state index in [1.165, 1.54) is 0 Å². The maximum Gasteiger partial charge on any atom is 0.328 e. The second-order valence-electron chi connectivity index (χ2n) is 7.22. The summed E-state index contributed by atoms with van der Waals surface area (Å²) < 4.78 is 5.70. The summed E-state index contributed by atoms with van der Waals surface area (Å²) in [5.74, 6) is -0.302. The maximum atomic E-state index is 13.6. The van der Waals surface area contributed by atoms with Gasteiger partial charge in [-0.3, -0.25) is 9.59 Å². The first-order valence-electron chi connectivity index (χ1n) is 8.87. The number of hydrogen-bond acceptors (Lipinski definition) is 4. The van der Waals surface area contributed by atoms with Crippen molar-refractivity contribution in [3.63, 3.8) is 0 Å². The van der Waals surface area contributed by atoms with Gasteiger partial charge in [0.25, 0.3) is 0 Å². The molecule has 3 aliphatic rings. The maximum absolute atomic E-state index is 13.6. The third-order valence-corrected chi connectivity index (χ3v) is 6.22. The van der Waals surface area contributed by atoms with Gasteiger partial charge in [-0.05, 0) is 36.6 Å². The monoisotopic (exact) mass is 333 g/mol. The Morgan fingerprint density at radius 2 is 1.84 bits per heavy atom. The van der Waals surface area contributed by atoms with Gasteiger partial charge in [0.1, 0.15) is 5.75 Å². The number of anilines is 1. The highest BCUT2D eigenvalue weighted by atomic mass is 16.5. The molecule has 4 heteroatoms. The summed E-state index contributed by atoms with van der Waals surface area (Å²) in [6.07, 6.45) is 1.82. The van der Waals surface area contributed by atoms with Crippen LogP contribution in [0.2, 0.25) is 0 Å². The lowest BCUT2D eigenvalue weighted by Crippen LogP contribution is -2.62. The van der Waals surface area contributed by atoms with Gasteiger partial charge in [0.05, 0.1) is 11.6 Å². The highest BCUT2D eigenvalue weighted by Gasteiger charge is 2.64. The topological polar surface area (TPSA) is 46.6 Å². The zero-order valence-corrected chi connectivity index (χ0v) is 14.1. The molecule has 1 spiro atoms. The van der Waals surface area contributed by atoms with Gasteiger partial charge in [-0.15, -0.1) is 0 Å². The number of esters is 1. The lowest BCUT2D eigenvalue weighted by atomic mass is 9.60. The van der Waals surface area contributed by atoms with Gasteiger partial charge in [-0.25, -0.2) is 0 Å². The molecule has 0 N–H and O–H groups in total. The van der Waals surface area contributed by atoms with Crippen LogP contribution in [-0.4, -0.2) is 24.3 Å². The summed E-state index contributed by atoms with van der Waals surface area (Å²) in [5, 5.41) is 0. The van der Waals surface area contributed by atoms with E-state index in [-0.39, 0.29) is 17.7 Å². The molecule has 0 saturated carbocycles. The van der Waals surface area contributed by atoms with E-state index >= 15 is 0 Å². The average molecular weight is 333 g/mol. The number of fused-ring (bicyclic) bond motifs is 5. The van der Waals surface area contributed by atoms with Crippen LogP contribution in [0.25, 0.3) is 0 Å². The van der Waals surface area contributed by atoms with Crippen LogP contribution < -0.4 is 9.64 Å². The number of Topliss-reactive ketones (excluding diaryl/α,β-unsaturated/α-hetero) is 1. The van der Waals surface area contributed by atoms with E-state index in [1.54, 1.807) is 18.2 Å². The molecular weight excluding hydrogens is 314 g/mol. The first-order chi connectivity index (χ1) is 12.2. The van der Waals surface area contributed by atoms with Gasteiger partial charge in [0.2, 0.25) is 0 Å². The van der Waals surface area contributed by atoms with Crippen molar-refractivity contribution in [2.75, 3.05) is 11.4 Å². The summed E-state index contributed by atoms with van der Waals surface area (Å²) in [5.41, 5.74) is 1.59. The number of carbonyl (C=O) groups is 2. The van der Waals surface area contributed by atoms with Gasteiger partial charge in [-0.1, -0.05) is 37.3 Å². The Morgan fingerprint density at radius 1 is 1.08 bits per heavy atom. The van der Waals surface area contributed by atoms with Crippen LogP contribution >= 0.6 is 0 Å². The minimum absolute atomic E-state index is 0.0850. The van der Waals surface area contributed by atoms with E-state index < -0.39 is 11.4 Å². The summed E-state index contributed by atoms with van der Waals surface area (Å²) >= 11 is 0. The van der Waals surface area contributed by atoms with Crippen molar-refractivity contribution in [1.82, 2.24) is 0 Å². The van der Waals surface area contributed by atoms with Gasteiger partial charge < -0.3 is 9.64 Å². The second kappa shape index (κ2) is 4.94. The Balaban J connectivity index is 1.78. The molecule has 4 nitrogen and oxygen atoms in total. The van der Waals surface area contributed by atoms with Crippen molar-refractivity contribution < 1.29 is 14.3 Å². The molecule has 0 aliphatic carbocycles. The number of benzene rings is 2. The normalized spacial score (nSPS) is 29.9. The lowest BCUT2D eigenvalue weighted by molar-refractivity contribution is -0.146. The minimum atomic E-state index is -1.15. The third kappa shape index (κ3) is 1.67. The average Bonchev–Trinajstić information content (AvgIpc) is 3.12. The highest BCUT2D eigenvalue weighted by molar-refractivity contribution is 6.19. The number of rotatable bonds is 0. The Labute approximate surface area is 146 Å². The molecule has 0 amide bonds. The van der Waals surface area contributed by atoms with E-state index in [1.807, 2.05) is 31.2 Å². The second-order valence-corrected chi connectivity index (χ2v) is 7.22. The Morgan fingerprint density at radius 3 is 2.72 bits per heavy atom. The first kappa shape index (κ1) is 14.7. The molecule has 0 radical (unpaired) electrons. The number of hydrogen-bond donors (Lipinski definition) is 0. The first-order valence-corrected chi connectivity index (χ1v) is 8.87. The largest absolute Gasteiger partial charge is 0.425 e. The molecule has 0 bridgehead atoms. The molecule has 3 aliphatic heterocycles. The highest BCUT2D eigenvalue weighted by Crippen LogP contribution is 2.56. The number of nitrogens with zero attached hydrogens (tertiary/aromatic N) is 1. The third-order valence-electron chi connectivity index (χ3n) is 6.22. The fourth-order valence-corrected chi connectivity index (χ4v) is 5.08. The van der Waals surface area contributed by atoms with Crippen LogP contribution in [0.4, 0.5) is 5.69 Å². The Hall–Kier alpha value is -2.62. The summed E-state index contributed by atoms with van der Waals surface area (Å²) in [6.45, 7) is 2.87. The Bertz CT molecular complexity index is 906. The quantitative estimate of drug-likeness (QED) is 0.420. The van der Waals surface area contributed by atoms with E-state index in [9.17, 15) is 9.59 Å². The molecule has 1 fully saturated rings. The number of carbonyl (C=O) groups excluding carboxylic acids is 2. The van der Waals surface area contributed by atoms with Gasteiger partial charge >= 0.3 is 5.97 Å². The van der Waals surface area contributed by atoms with Crippen LogP contribution in [0.5, 0.6) is 5.75 Å². The molecule has 0 aromatic heterocycles. The molecule has 5 rings (SSSR count). The van der Waals surface area contributed by atoms with Crippen LogP contribution in [0.15, 0.2) is 48.5 Å². The smallest absolute Gasteiger partial charge is 0.328 e. The predicted octanol–water partition coefficient (Wildman–Crippen LogP) is 3.56. The molecule has 3 heterocycles. The van der Waals surface area contributed by atoms with Crippen molar-refractivity contribution in [1.29, 1.82) is 0 Å². The van der Waals surface area contributed by atoms with Crippen LogP contribution in [0.3, 0.4) is 0 Å². The van der Waals surface area contributed by atoms with Crippen LogP contribution in [0.1, 0.15) is 41.6 Å². The van der Waals surface area contributed by atoms with Crippen molar-refractivity contribution in [3.05, 3.63) is 59.7 Å². The summed E-state index contributed by atoms with van der Waals surface area (Å²) in [4.78, 5) is 29.1. The van der Waals surface area contributed by atoms with Crippen molar-refractivity contribution >= 4 is 17.4 Å². The SMILES string of the molecule is CC1c2ccccc2N2CCC[C@@H]2[C@]12C(=O)Oc1ccccc1C2=O. The fraction of sp³-hybridized carbons (Fsp3) is 0.333. The molecule has 3 atom stereocenters. The zero-order valence-electron chi connectivity index (χ0n) is 14.1. The van der Waals surface area contributed by atoms with Crippen molar-refractivity contribution in [2.45, 2.75) is 31.7 Å². The Kier molecular flexibility index (Phi) is 2.91. The number of ether oxygens (including phenoxy) is 1. The molecule has 126 valence electrons. The van der Waals surface area contributed by atoms with Gasteiger partial charge in [0.15, 0.2) is 11.2 Å². The molecule has 1 unspecified atom stereocenters. The molecular formula is C21H19NO3. The van der Waals surface area contributed by atoms with Crippen LogP contribution in [0, 0.1) is 5.41 Å². The minimum Gasteiger partial charge on any atom is -0.425 e. The standard InChI is InChI=1S/C21H19NO3/c1-13-14-7-2-4-9-16(14)22-12-6-11-18(22)21(13)19(23)15-8-3-5-10-17(15)25-20(21)24/h2-5,7-10,13,18H,6,11-12H2,1H3/t13?,18-,21-/m1/s1. The summed E-state index contributed by atoms with van der Waals surface area (Å²) in [7, 11) is 0. The summed E-state index contributed by atoms with van der Waals surface area (Å²) in [6, 6.07) is 15.1. The zero-order chi connectivity index (χ0) is 17.2. The van der Waals surface area contributed by atoms with E-state index in [0.29, 0.717) is 11.3 Å². The van der Waals surface area contributed by atoms with Crippen LogP contribution in [-0.2, 0) is 4.79 Å². The van der Waals surface area contributed by atoms with Crippen molar-refractivity contribution in [3.8, 4) is 5.75 Å². The van der Waals surface area contributed by atoms with E-state index in [4.69, 9.17) is 4.74 Å². The lowest BCUT2D eigenvalue weighted by Gasteiger charge is -2.50. The molecule has 25 heavy (non-hydrogen) atoms. The van der Waals surface area contributed by atoms with Gasteiger partial charge in [0, 0.05) is 18.2 Å². The van der Waals surface area contributed by atoms with Gasteiger partial charge in [-0.2, -0.15) is 0 Å². The number of ketones is 1. The van der Waals surface area contributed by atoms with E-state index in [2.05, 4.69) is 11.0 Å². The molecule has 2 aromatic carbocycles. The predicted molar refractivity (Wildman–Crippen MR) is 94.1 cm³/mol.